The molecule has 1 unspecified atom stereocenters. The van der Waals surface area contributed by atoms with Crippen molar-refractivity contribution < 1.29 is 42.0 Å². The number of aliphatic carboxylic acids is 1. The van der Waals surface area contributed by atoms with Crippen LogP contribution in [0.15, 0.2) is 0 Å². The molecule has 5 nitrogen and oxygen atoms in total. The summed E-state index contributed by atoms with van der Waals surface area (Å²) in [6.45, 7) is 3.94. The van der Waals surface area contributed by atoms with E-state index in [1.807, 2.05) is 6.92 Å². The first-order valence-electron chi connectivity index (χ1n) is 4.63. The van der Waals surface area contributed by atoms with E-state index < -0.39 is 13.3 Å². The predicted octanol–water partition coefficient (Wildman–Crippen LogP) is -3.00. The average molecular weight is 266 g/mol. The maximum absolute atomic E-state index is 10.3. The van der Waals surface area contributed by atoms with E-state index in [-0.39, 0.29) is 23.0 Å². The molecule has 0 heterocycles. The van der Waals surface area contributed by atoms with E-state index >= 15 is 0 Å². The maximum Gasteiger partial charge on any atom is 4.00 e. The molecule has 0 aromatic rings. The number of carbonyl (C=O) groups excluding carboxylic acids is 1. The van der Waals surface area contributed by atoms with Gasteiger partial charge in [0.05, 0.1) is 0 Å². The minimum absolute atomic E-state index is 0. The zero-order chi connectivity index (χ0) is 11.6. The van der Waals surface area contributed by atoms with Gasteiger partial charge < -0.3 is 25.0 Å². The van der Waals surface area contributed by atoms with Crippen LogP contribution in [0.25, 0.3) is 0 Å². The number of carboxylic acids is 1. The van der Waals surface area contributed by atoms with Crippen LogP contribution in [0.4, 0.5) is 0 Å². The summed E-state index contributed by atoms with van der Waals surface area (Å²) in [7, 11) is -2.92. The van der Waals surface area contributed by atoms with Gasteiger partial charge in [0.2, 0.25) is 0 Å². The van der Waals surface area contributed by atoms with Gasteiger partial charge in [-0.1, -0.05) is 26.7 Å². The largest absolute Gasteiger partial charge is 4.00 e. The monoisotopic (exact) mass is 265 g/mol. The first-order chi connectivity index (χ1) is 6.45. The van der Waals surface area contributed by atoms with E-state index in [1.165, 1.54) is 0 Å². The van der Waals surface area contributed by atoms with Gasteiger partial charge >= 0.3 is 17.1 Å². The summed E-state index contributed by atoms with van der Waals surface area (Å²) in [5.74, 6) is -1.11. The number of hydrogen-bond donors (Lipinski definition) is 0. The van der Waals surface area contributed by atoms with E-state index in [2.05, 4.69) is 6.92 Å². The molecule has 0 fully saturated rings. The van der Waals surface area contributed by atoms with E-state index in [4.69, 9.17) is 15.1 Å². The summed E-state index contributed by atoms with van der Waals surface area (Å²) in [5.41, 5.74) is 0. The van der Waals surface area contributed by atoms with Crippen molar-refractivity contribution in [2.75, 3.05) is 0 Å². The number of carboxylic acid groups (broad SMARTS) is 1. The first kappa shape index (κ1) is 20.4. The van der Waals surface area contributed by atoms with E-state index in [0.717, 1.165) is 19.3 Å². The average Bonchev–Trinajstić information content (AvgIpc) is 2.04. The molecule has 0 spiro atoms. The number of hydrogen-bond acceptors (Lipinski definition) is 5. The molecule has 0 saturated carbocycles. The van der Waals surface area contributed by atoms with Crippen molar-refractivity contribution in [3.8, 4) is 0 Å². The Morgan fingerprint density at radius 1 is 1.27 bits per heavy atom. The molecule has 0 aromatic carbocycles. The summed E-state index contributed by atoms with van der Waals surface area (Å²) in [4.78, 5) is 10.3. The summed E-state index contributed by atoms with van der Waals surface area (Å²) < 4.78 is 0. The summed E-state index contributed by atoms with van der Waals surface area (Å²) in [5, 5.41) is 35.6. The van der Waals surface area contributed by atoms with Crippen LogP contribution in [-0.4, -0.2) is 13.3 Å². The Morgan fingerprint density at radius 2 is 1.67 bits per heavy atom. The molecule has 7 heteroatoms. The second-order valence-electron chi connectivity index (χ2n) is 2.86. The van der Waals surface area contributed by atoms with E-state index in [0.29, 0.717) is 6.42 Å². The minimum Gasteiger partial charge on any atom is -0.907 e. The second-order valence-corrected chi connectivity index (χ2v) is 2.86. The van der Waals surface area contributed by atoms with Crippen molar-refractivity contribution in [3.05, 3.63) is 0 Å². The van der Waals surface area contributed by atoms with Gasteiger partial charge in [0.15, 0.2) is 0 Å². The molecule has 15 heavy (non-hydrogen) atoms. The van der Waals surface area contributed by atoms with Crippen molar-refractivity contribution in [3.63, 3.8) is 0 Å². The first-order valence-corrected chi connectivity index (χ1v) is 4.63. The topological polar surface area (TPSA) is 109 Å². The molecule has 1 atom stereocenters. The second kappa shape index (κ2) is 13.9. The minimum atomic E-state index is -2.92. The van der Waals surface area contributed by atoms with Crippen LogP contribution in [0.5, 0.6) is 0 Å². The van der Waals surface area contributed by atoms with Gasteiger partial charge in [0.25, 0.3) is 0 Å². The van der Waals surface area contributed by atoms with Crippen LogP contribution in [0, 0.1) is 5.92 Å². The van der Waals surface area contributed by atoms with Crippen LogP contribution in [0.3, 0.4) is 0 Å². The fourth-order valence-electron chi connectivity index (χ4n) is 0.939. The van der Waals surface area contributed by atoms with Crippen molar-refractivity contribution in [2.45, 2.75) is 39.5 Å². The number of unbranched alkanes of at least 4 members (excludes halogenated alkanes) is 1. The Balaban J connectivity index is -0.000000249. The molecule has 91 valence electrons. The SMILES string of the molecule is CCCCC(CC)C(=O)[O-].[Cu+4].[O-]B([O-])[O-]. The van der Waals surface area contributed by atoms with E-state index in [1.54, 1.807) is 0 Å². The Morgan fingerprint density at radius 3 is 1.87 bits per heavy atom. The predicted molar refractivity (Wildman–Crippen MR) is 44.1 cm³/mol. The molecule has 0 aliphatic heterocycles. The molecule has 0 aliphatic carbocycles. The molecule has 0 rings (SSSR count). The van der Waals surface area contributed by atoms with Gasteiger partial charge in [-0.15, -0.1) is 0 Å². The van der Waals surface area contributed by atoms with Crippen LogP contribution >= 0.6 is 0 Å². The molecule has 0 amide bonds. The quantitative estimate of drug-likeness (QED) is 0.492. The molecular weight excluding hydrogens is 250 g/mol. The third-order valence-electron chi connectivity index (χ3n) is 1.73. The molecule has 1 radical (unpaired) electrons. The molecule has 0 aliphatic rings. The molecule has 0 N–H and O–H groups in total. The van der Waals surface area contributed by atoms with Gasteiger partial charge in [-0.05, 0) is 18.8 Å². The maximum atomic E-state index is 10.3. The van der Waals surface area contributed by atoms with Crippen LogP contribution in [0.2, 0.25) is 0 Å². The Kier molecular flexibility index (Phi) is 18.9. The van der Waals surface area contributed by atoms with Gasteiger partial charge in [-0.2, -0.15) is 0 Å². The number of rotatable bonds is 5. The van der Waals surface area contributed by atoms with Crippen molar-refractivity contribution >= 4 is 13.3 Å². The molecule has 0 saturated heterocycles. The summed E-state index contributed by atoms with van der Waals surface area (Å²) >= 11 is 0. The van der Waals surface area contributed by atoms with Crippen LogP contribution < -0.4 is 20.2 Å². The smallest absolute Gasteiger partial charge is 0.907 e. The summed E-state index contributed by atoms with van der Waals surface area (Å²) in [6.07, 6.45) is 3.52. The Hall–Kier alpha value is -0.0656. The fraction of sp³-hybridized carbons (Fsp3) is 0.875. The zero-order valence-corrected chi connectivity index (χ0v) is 9.77. The van der Waals surface area contributed by atoms with Gasteiger partial charge in [0, 0.05) is 5.97 Å². The van der Waals surface area contributed by atoms with Gasteiger partial charge in [-0.3, -0.25) is 7.32 Å². The zero-order valence-electron chi connectivity index (χ0n) is 8.83. The molecule has 0 bridgehead atoms. The summed E-state index contributed by atoms with van der Waals surface area (Å²) in [6, 6.07) is 0. The van der Waals surface area contributed by atoms with Crippen molar-refractivity contribution in [1.29, 1.82) is 0 Å². The van der Waals surface area contributed by atoms with Crippen LogP contribution in [-0.2, 0) is 21.9 Å². The van der Waals surface area contributed by atoms with Gasteiger partial charge in [0.1, 0.15) is 0 Å². The van der Waals surface area contributed by atoms with Gasteiger partial charge in [-0.25, -0.2) is 0 Å². The molecular formula is C8H15BCuO5. The Bertz CT molecular complexity index is 142. The fourth-order valence-corrected chi connectivity index (χ4v) is 0.939. The number of carbonyl (C=O) groups is 1. The third kappa shape index (κ3) is 20.1. The van der Waals surface area contributed by atoms with Crippen molar-refractivity contribution in [2.24, 2.45) is 5.92 Å². The molecule has 0 aromatic heterocycles. The third-order valence-corrected chi connectivity index (χ3v) is 1.73. The Labute approximate surface area is 101 Å². The van der Waals surface area contributed by atoms with Crippen molar-refractivity contribution in [1.82, 2.24) is 0 Å². The standard InChI is InChI=1S/C8H16O2.BO3.Cu/c1-3-5-6-7(4-2)8(9)10;2-1(3)4;/h7H,3-6H2,1-2H3,(H,9,10);;/q;-3;+4/p-1. The normalized spacial score (nSPS) is 10.5. The van der Waals surface area contributed by atoms with Crippen LogP contribution in [0.1, 0.15) is 39.5 Å². The van der Waals surface area contributed by atoms with E-state index in [9.17, 15) is 9.90 Å².